The fourth-order valence-corrected chi connectivity index (χ4v) is 4.48. The summed E-state index contributed by atoms with van der Waals surface area (Å²) in [6.45, 7) is 3.09. The van der Waals surface area contributed by atoms with E-state index in [1.165, 1.54) is 0 Å². The SMILES string of the molecule is Cc1c[nH]c2c(NC(=O)C3CN(Cc4ccc(-n5cccn5)cc4)c4ccccc4O3)nccc12. The topological polar surface area (TPSA) is 88.1 Å². The number of nitrogens with one attached hydrogen (secondary N) is 2. The number of amides is 1. The van der Waals surface area contributed by atoms with Gasteiger partial charge in [-0.05, 0) is 54.4 Å². The Hall–Kier alpha value is -4.59. The second-order valence-corrected chi connectivity index (χ2v) is 8.61. The minimum absolute atomic E-state index is 0.231. The highest BCUT2D eigenvalue weighted by Gasteiger charge is 2.31. The second kappa shape index (κ2) is 8.64. The molecule has 8 nitrogen and oxygen atoms in total. The summed E-state index contributed by atoms with van der Waals surface area (Å²) in [7, 11) is 0. The van der Waals surface area contributed by atoms with Gasteiger partial charge in [0.25, 0.3) is 5.91 Å². The number of aromatic nitrogens is 4. The maximum atomic E-state index is 13.3. The zero-order valence-electron chi connectivity index (χ0n) is 19.2. The van der Waals surface area contributed by atoms with Gasteiger partial charge >= 0.3 is 0 Å². The highest BCUT2D eigenvalue weighted by atomic mass is 16.5. The number of anilines is 2. The van der Waals surface area contributed by atoms with E-state index in [2.05, 4.69) is 37.4 Å². The lowest BCUT2D eigenvalue weighted by Crippen LogP contribution is -2.46. The number of pyridine rings is 1. The molecule has 2 aromatic carbocycles. The first kappa shape index (κ1) is 21.0. The van der Waals surface area contributed by atoms with E-state index >= 15 is 0 Å². The van der Waals surface area contributed by atoms with Crippen LogP contribution in [-0.2, 0) is 11.3 Å². The summed E-state index contributed by atoms with van der Waals surface area (Å²) in [5.74, 6) is 0.962. The number of carbonyl (C=O) groups excluding carboxylic acids is 1. The Morgan fingerprint density at radius 1 is 1.11 bits per heavy atom. The van der Waals surface area contributed by atoms with Gasteiger partial charge in [-0.25, -0.2) is 9.67 Å². The standard InChI is InChI=1S/C27H24N6O2/c1-18-15-29-25-21(18)11-13-28-26(25)31-27(34)24-17-32(22-5-2-3-6-23(22)35-24)16-19-7-9-20(10-8-19)33-14-4-12-30-33/h2-15,24,29H,16-17H2,1H3,(H,28,31,34). The predicted molar refractivity (Wildman–Crippen MR) is 135 cm³/mol. The van der Waals surface area contributed by atoms with Crippen LogP contribution in [0.3, 0.4) is 0 Å². The van der Waals surface area contributed by atoms with Gasteiger partial charge in [0.2, 0.25) is 0 Å². The molecule has 1 aliphatic rings. The predicted octanol–water partition coefficient (Wildman–Crippen LogP) is 4.46. The van der Waals surface area contributed by atoms with E-state index in [9.17, 15) is 4.79 Å². The Morgan fingerprint density at radius 3 is 2.80 bits per heavy atom. The van der Waals surface area contributed by atoms with Crippen LogP contribution in [0.5, 0.6) is 5.75 Å². The molecule has 35 heavy (non-hydrogen) atoms. The van der Waals surface area contributed by atoms with Crippen molar-refractivity contribution < 1.29 is 9.53 Å². The summed E-state index contributed by atoms with van der Waals surface area (Å²) in [6, 6.07) is 19.9. The van der Waals surface area contributed by atoms with Crippen molar-refractivity contribution in [3.63, 3.8) is 0 Å². The third-order valence-corrected chi connectivity index (χ3v) is 6.28. The molecule has 5 aromatic rings. The molecule has 2 N–H and O–H groups in total. The van der Waals surface area contributed by atoms with Gasteiger partial charge in [0, 0.05) is 36.7 Å². The fraction of sp³-hybridized carbons (Fsp3) is 0.148. The van der Waals surface area contributed by atoms with Crippen molar-refractivity contribution in [2.24, 2.45) is 0 Å². The summed E-state index contributed by atoms with van der Waals surface area (Å²) in [5.41, 5.74) is 5.01. The molecular weight excluding hydrogens is 440 g/mol. The van der Waals surface area contributed by atoms with E-state index in [0.29, 0.717) is 24.7 Å². The molecule has 1 amide bonds. The molecule has 3 aromatic heterocycles. The molecule has 0 saturated carbocycles. The highest BCUT2D eigenvalue weighted by molar-refractivity contribution is 6.01. The summed E-state index contributed by atoms with van der Waals surface area (Å²) in [4.78, 5) is 23.0. The molecule has 174 valence electrons. The summed E-state index contributed by atoms with van der Waals surface area (Å²) in [5, 5.41) is 8.28. The van der Waals surface area contributed by atoms with Crippen LogP contribution in [0.25, 0.3) is 16.6 Å². The molecule has 1 unspecified atom stereocenters. The lowest BCUT2D eigenvalue weighted by Gasteiger charge is -2.35. The van der Waals surface area contributed by atoms with Gasteiger partial charge in [-0.15, -0.1) is 0 Å². The first-order valence-electron chi connectivity index (χ1n) is 11.5. The maximum absolute atomic E-state index is 13.3. The van der Waals surface area contributed by atoms with E-state index in [0.717, 1.165) is 33.4 Å². The Kier molecular flexibility index (Phi) is 5.18. The number of fused-ring (bicyclic) bond motifs is 2. The molecule has 8 heteroatoms. The number of carbonyl (C=O) groups is 1. The zero-order valence-corrected chi connectivity index (χ0v) is 19.2. The largest absolute Gasteiger partial charge is 0.477 e. The number of rotatable bonds is 5. The van der Waals surface area contributed by atoms with Crippen LogP contribution < -0.4 is 15.0 Å². The van der Waals surface area contributed by atoms with Gasteiger partial charge in [-0.1, -0.05) is 24.3 Å². The van der Waals surface area contributed by atoms with Crippen molar-refractivity contribution in [2.45, 2.75) is 19.6 Å². The third kappa shape index (κ3) is 3.99. The van der Waals surface area contributed by atoms with E-state index < -0.39 is 6.10 Å². The van der Waals surface area contributed by atoms with Gasteiger partial charge in [-0.3, -0.25) is 4.79 Å². The summed E-state index contributed by atoms with van der Waals surface area (Å²) < 4.78 is 7.94. The van der Waals surface area contributed by atoms with Gasteiger partial charge < -0.3 is 19.9 Å². The molecule has 1 atom stereocenters. The molecule has 0 saturated heterocycles. The number of nitrogens with zero attached hydrogens (tertiary/aromatic N) is 4. The van der Waals surface area contributed by atoms with Gasteiger partial charge in [-0.2, -0.15) is 5.10 Å². The van der Waals surface area contributed by atoms with Crippen LogP contribution in [0.1, 0.15) is 11.1 Å². The average molecular weight is 465 g/mol. The molecule has 0 radical (unpaired) electrons. The number of aromatic amines is 1. The molecule has 1 aliphatic heterocycles. The number of hydrogen-bond donors (Lipinski definition) is 2. The molecule has 0 spiro atoms. The zero-order chi connectivity index (χ0) is 23.8. The number of aryl methyl sites for hydroxylation is 1. The molecule has 0 bridgehead atoms. The van der Waals surface area contributed by atoms with E-state index in [1.54, 1.807) is 12.4 Å². The first-order valence-corrected chi connectivity index (χ1v) is 11.5. The fourth-order valence-electron chi connectivity index (χ4n) is 4.48. The van der Waals surface area contributed by atoms with Crippen molar-refractivity contribution in [1.29, 1.82) is 0 Å². The van der Waals surface area contributed by atoms with Crippen LogP contribution in [0.2, 0.25) is 0 Å². The Morgan fingerprint density at radius 2 is 1.97 bits per heavy atom. The van der Waals surface area contributed by atoms with Crippen molar-refractivity contribution in [3.8, 4) is 11.4 Å². The molecule has 0 aliphatic carbocycles. The van der Waals surface area contributed by atoms with Crippen molar-refractivity contribution in [3.05, 3.63) is 96.6 Å². The van der Waals surface area contributed by atoms with Crippen LogP contribution in [0, 0.1) is 6.92 Å². The molecule has 6 rings (SSSR count). The second-order valence-electron chi connectivity index (χ2n) is 8.61. The minimum Gasteiger partial charge on any atom is -0.477 e. The number of hydrogen-bond acceptors (Lipinski definition) is 5. The van der Waals surface area contributed by atoms with Crippen molar-refractivity contribution in [2.75, 3.05) is 16.8 Å². The third-order valence-electron chi connectivity index (χ3n) is 6.28. The first-order chi connectivity index (χ1) is 17.2. The number of H-pyrrole nitrogens is 1. The quantitative estimate of drug-likeness (QED) is 0.401. The van der Waals surface area contributed by atoms with Crippen molar-refractivity contribution >= 4 is 28.3 Å². The van der Waals surface area contributed by atoms with Crippen LogP contribution in [0.4, 0.5) is 11.5 Å². The van der Waals surface area contributed by atoms with E-state index in [4.69, 9.17) is 4.74 Å². The molecular formula is C27H24N6O2. The van der Waals surface area contributed by atoms with Gasteiger partial charge in [0.05, 0.1) is 23.4 Å². The minimum atomic E-state index is -0.679. The number of ether oxygens (including phenoxy) is 1. The lowest BCUT2D eigenvalue weighted by molar-refractivity contribution is -0.122. The average Bonchev–Trinajstić information content (AvgIpc) is 3.56. The highest BCUT2D eigenvalue weighted by Crippen LogP contribution is 2.34. The van der Waals surface area contributed by atoms with Crippen LogP contribution in [-0.4, -0.2) is 38.3 Å². The van der Waals surface area contributed by atoms with Gasteiger partial charge in [0.15, 0.2) is 11.9 Å². The normalized spacial score (nSPS) is 15.0. The summed E-state index contributed by atoms with van der Waals surface area (Å²) >= 11 is 0. The Balaban J connectivity index is 1.23. The monoisotopic (exact) mass is 464 g/mol. The Labute approximate surface area is 202 Å². The molecule has 0 fully saturated rings. The summed E-state index contributed by atoms with van der Waals surface area (Å²) in [6.07, 6.45) is 6.61. The van der Waals surface area contributed by atoms with Crippen LogP contribution in [0.15, 0.2) is 85.5 Å². The van der Waals surface area contributed by atoms with E-state index in [1.807, 2.05) is 72.5 Å². The van der Waals surface area contributed by atoms with Crippen molar-refractivity contribution in [1.82, 2.24) is 19.7 Å². The Bertz CT molecular complexity index is 1490. The number of para-hydroxylation sites is 2. The van der Waals surface area contributed by atoms with E-state index in [-0.39, 0.29) is 5.91 Å². The van der Waals surface area contributed by atoms with Gasteiger partial charge in [0.1, 0.15) is 5.75 Å². The number of benzene rings is 2. The van der Waals surface area contributed by atoms with Crippen LogP contribution >= 0.6 is 0 Å². The molecule has 4 heterocycles. The lowest BCUT2D eigenvalue weighted by atomic mass is 10.1. The smallest absolute Gasteiger partial charge is 0.268 e. The maximum Gasteiger partial charge on any atom is 0.268 e.